The predicted octanol–water partition coefficient (Wildman–Crippen LogP) is 3.38. The molecule has 0 radical (unpaired) electrons. The van der Waals surface area contributed by atoms with Gasteiger partial charge in [-0.1, -0.05) is 42.5 Å². The van der Waals surface area contributed by atoms with Gasteiger partial charge in [0.15, 0.2) is 9.84 Å². The van der Waals surface area contributed by atoms with Crippen LogP contribution < -0.4 is 0 Å². The van der Waals surface area contributed by atoms with Crippen LogP contribution in [0.2, 0.25) is 0 Å². The number of carbonyl (C=O) groups excluding carboxylic acids is 1. The SMILES string of the molecule is O=C(c1nccc2ccccc12)N1CCC(c2ccccc2F)S(=O)(=O)CC1. The first-order valence-corrected chi connectivity index (χ1v) is 10.8. The molecule has 1 aliphatic heterocycles. The van der Waals surface area contributed by atoms with E-state index in [2.05, 4.69) is 4.98 Å². The molecule has 0 bridgehead atoms. The van der Waals surface area contributed by atoms with Crippen molar-refractivity contribution in [2.24, 2.45) is 0 Å². The van der Waals surface area contributed by atoms with Crippen molar-refractivity contribution < 1.29 is 17.6 Å². The van der Waals surface area contributed by atoms with E-state index in [0.717, 1.165) is 10.8 Å². The maximum Gasteiger partial charge on any atom is 0.273 e. The van der Waals surface area contributed by atoms with Crippen molar-refractivity contribution in [3.8, 4) is 0 Å². The van der Waals surface area contributed by atoms with Crippen LogP contribution in [0.3, 0.4) is 0 Å². The van der Waals surface area contributed by atoms with E-state index in [1.54, 1.807) is 12.3 Å². The van der Waals surface area contributed by atoms with Crippen molar-refractivity contribution >= 4 is 26.5 Å². The lowest BCUT2D eigenvalue weighted by Crippen LogP contribution is -2.34. The van der Waals surface area contributed by atoms with Gasteiger partial charge in [-0.25, -0.2) is 12.8 Å². The number of aromatic nitrogens is 1. The summed E-state index contributed by atoms with van der Waals surface area (Å²) >= 11 is 0. The summed E-state index contributed by atoms with van der Waals surface area (Å²) in [5, 5.41) is 0.673. The summed E-state index contributed by atoms with van der Waals surface area (Å²) in [5.41, 5.74) is 0.472. The Morgan fingerprint density at radius 3 is 2.61 bits per heavy atom. The zero-order chi connectivity index (χ0) is 19.7. The van der Waals surface area contributed by atoms with Crippen LogP contribution in [-0.2, 0) is 9.84 Å². The molecule has 1 atom stereocenters. The first-order chi connectivity index (χ1) is 13.5. The average Bonchev–Trinajstić information content (AvgIpc) is 2.85. The second-order valence-electron chi connectivity index (χ2n) is 6.84. The predicted molar refractivity (Wildman–Crippen MR) is 105 cm³/mol. The molecule has 1 aromatic heterocycles. The molecule has 1 fully saturated rings. The van der Waals surface area contributed by atoms with Crippen LogP contribution >= 0.6 is 0 Å². The monoisotopic (exact) mass is 398 g/mol. The number of nitrogens with zero attached hydrogens (tertiary/aromatic N) is 2. The highest BCUT2D eigenvalue weighted by Crippen LogP contribution is 2.31. The number of sulfone groups is 1. The Balaban J connectivity index is 1.65. The molecule has 2 heterocycles. The minimum Gasteiger partial charge on any atom is -0.336 e. The first-order valence-electron chi connectivity index (χ1n) is 9.06. The second kappa shape index (κ2) is 7.31. The van der Waals surface area contributed by atoms with E-state index < -0.39 is 20.9 Å². The Bertz CT molecular complexity index is 1140. The summed E-state index contributed by atoms with van der Waals surface area (Å²) in [6.45, 7) is 0.291. The average molecular weight is 398 g/mol. The Morgan fingerprint density at radius 1 is 1.04 bits per heavy atom. The van der Waals surface area contributed by atoms with Gasteiger partial charge < -0.3 is 4.90 Å². The molecule has 1 saturated heterocycles. The van der Waals surface area contributed by atoms with E-state index in [0.29, 0.717) is 5.69 Å². The van der Waals surface area contributed by atoms with E-state index in [-0.39, 0.29) is 36.7 Å². The molecule has 0 spiro atoms. The molecular formula is C21H19FN2O3S. The van der Waals surface area contributed by atoms with Crippen LogP contribution in [0.5, 0.6) is 0 Å². The zero-order valence-electron chi connectivity index (χ0n) is 15.1. The van der Waals surface area contributed by atoms with Crippen LogP contribution in [0.25, 0.3) is 10.8 Å². The number of benzene rings is 2. The van der Waals surface area contributed by atoms with Crippen molar-refractivity contribution in [1.82, 2.24) is 9.88 Å². The van der Waals surface area contributed by atoms with Gasteiger partial charge in [0.1, 0.15) is 11.5 Å². The number of halogens is 1. The molecule has 5 nitrogen and oxygen atoms in total. The highest BCUT2D eigenvalue weighted by molar-refractivity contribution is 7.91. The molecule has 0 aliphatic carbocycles. The number of amides is 1. The summed E-state index contributed by atoms with van der Waals surface area (Å²) in [6.07, 6.45) is 1.73. The van der Waals surface area contributed by atoms with Crippen LogP contribution in [0, 0.1) is 5.82 Å². The van der Waals surface area contributed by atoms with Gasteiger partial charge in [0, 0.05) is 30.2 Å². The topological polar surface area (TPSA) is 67.3 Å². The molecule has 0 N–H and O–H groups in total. The lowest BCUT2D eigenvalue weighted by molar-refractivity contribution is 0.0763. The lowest BCUT2D eigenvalue weighted by atomic mass is 10.1. The van der Waals surface area contributed by atoms with Crippen LogP contribution in [0.15, 0.2) is 60.8 Å². The van der Waals surface area contributed by atoms with E-state index in [1.165, 1.54) is 23.1 Å². The van der Waals surface area contributed by atoms with Crippen LogP contribution in [0.1, 0.15) is 27.7 Å². The number of fused-ring (bicyclic) bond motifs is 1. The van der Waals surface area contributed by atoms with Gasteiger partial charge in [0.05, 0.1) is 11.0 Å². The fourth-order valence-corrected chi connectivity index (χ4v) is 5.47. The van der Waals surface area contributed by atoms with Gasteiger partial charge in [0.25, 0.3) is 5.91 Å². The summed E-state index contributed by atoms with van der Waals surface area (Å²) in [4.78, 5) is 18.8. The van der Waals surface area contributed by atoms with Gasteiger partial charge in [-0.3, -0.25) is 9.78 Å². The van der Waals surface area contributed by atoms with Gasteiger partial charge >= 0.3 is 0 Å². The quantitative estimate of drug-likeness (QED) is 0.664. The summed E-state index contributed by atoms with van der Waals surface area (Å²) < 4.78 is 39.7. The third-order valence-electron chi connectivity index (χ3n) is 5.16. The molecule has 144 valence electrons. The molecule has 4 rings (SSSR count). The highest BCUT2D eigenvalue weighted by Gasteiger charge is 2.34. The van der Waals surface area contributed by atoms with Gasteiger partial charge in [-0.05, 0) is 23.9 Å². The Kier molecular flexibility index (Phi) is 4.85. The molecule has 0 saturated carbocycles. The fourth-order valence-electron chi connectivity index (χ4n) is 3.67. The normalized spacial score (nSPS) is 19.3. The second-order valence-corrected chi connectivity index (χ2v) is 9.14. The highest BCUT2D eigenvalue weighted by atomic mass is 32.2. The van der Waals surface area contributed by atoms with E-state index >= 15 is 0 Å². The van der Waals surface area contributed by atoms with Crippen molar-refractivity contribution in [1.29, 1.82) is 0 Å². The Labute approximate surface area is 162 Å². The molecule has 7 heteroatoms. The van der Waals surface area contributed by atoms with Crippen molar-refractivity contribution in [2.75, 3.05) is 18.8 Å². The van der Waals surface area contributed by atoms with Gasteiger partial charge in [0.2, 0.25) is 0 Å². The van der Waals surface area contributed by atoms with E-state index in [4.69, 9.17) is 0 Å². The minimum atomic E-state index is -3.58. The molecule has 3 aromatic rings. The Morgan fingerprint density at radius 2 is 1.79 bits per heavy atom. The number of carbonyl (C=O) groups is 1. The number of hydrogen-bond donors (Lipinski definition) is 0. The van der Waals surface area contributed by atoms with Gasteiger partial charge in [-0.15, -0.1) is 0 Å². The van der Waals surface area contributed by atoms with Crippen molar-refractivity contribution in [3.63, 3.8) is 0 Å². The molecule has 28 heavy (non-hydrogen) atoms. The van der Waals surface area contributed by atoms with Crippen LogP contribution in [-0.4, -0.2) is 43.1 Å². The molecule has 1 unspecified atom stereocenters. The molecule has 1 amide bonds. The maximum atomic E-state index is 14.2. The molecular weight excluding hydrogens is 379 g/mol. The fraction of sp³-hybridized carbons (Fsp3) is 0.238. The van der Waals surface area contributed by atoms with Crippen molar-refractivity contribution in [2.45, 2.75) is 11.7 Å². The maximum absolute atomic E-state index is 14.2. The van der Waals surface area contributed by atoms with Crippen LogP contribution in [0.4, 0.5) is 4.39 Å². The number of hydrogen-bond acceptors (Lipinski definition) is 4. The lowest BCUT2D eigenvalue weighted by Gasteiger charge is -2.20. The van der Waals surface area contributed by atoms with Crippen molar-refractivity contribution in [3.05, 3.63) is 77.9 Å². The summed E-state index contributed by atoms with van der Waals surface area (Å²) in [7, 11) is -3.58. The van der Waals surface area contributed by atoms with E-state index in [1.807, 2.05) is 30.3 Å². The minimum absolute atomic E-state index is 0.0665. The summed E-state index contributed by atoms with van der Waals surface area (Å²) in [6, 6.07) is 15.2. The van der Waals surface area contributed by atoms with E-state index in [9.17, 15) is 17.6 Å². The standard InChI is InChI=1S/C21H19FN2O3S/c22-18-8-4-3-7-17(18)19-10-12-24(13-14-28(19,26)27)21(25)20-16-6-2-1-5-15(16)9-11-23-20/h1-9,11,19H,10,12-14H2. The zero-order valence-corrected chi connectivity index (χ0v) is 15.9. The Hall–Kier alpha value is -2.80. The van der Waals surface area contributed by atoms with Gasteiger partial charge in [-0.2, -0.15) is 0 Å². The molecule has 1 aliphatic rings. The number of rotatable bonds is 2. The third kappa shape index (κ3) is 3.38. The largest absolute Gasteiger partial charge is 0.336 e. The smallest absolute Gasteiger partial charge is 0.273 e. The third-order valence-corrected chi connectivity index (χ3v) is 7.26. The number of pyridine rings is 1. The molecule has 2 aromatic carbocycles. The first kappa shape index (κ1) is 18.6. The summed E-state index contributed by atoms with van der Waals surface area (Å²) in [5.74, 6) is -1.05.